The normalized spacial score (nSPS) is 15.1. The minimum absolute atomic E-state index is 0.00950. The Labute approximate surface area is 174 Å². The molecule has 1 aromatic carbocycles. The zero-order valence-electron chi connectivity index (χ0n) is 18.4. The number of aryl methyl sites for hydroxylation is 1. The zero-order valence-corrected chi connectivity index (χ0v) is 18.4. The number of Topliss-reactive ketones (excluding diaryl/α,β-unsaturated/α-hetero) is 1. The summed E-state index contributed by atoms with van der Waals surface area (Å²) in [4.78, 5) is 39.6. The van der Waals surface area contributed by atoms with Crippen molar-refractivity contribution in [3.8, 4) is 5.75 Å². The van der Waals surface area contributed by atoms with Crippen LogP contribution in [0.15, 0.2) is 18.2 Å². The molecule has 0 bridgehead atoms. The molecule has 0 aliphatic carbocycles. The molecule has 6 heteroatoms. The van der Waals surface area contributed by atoms with Crippen LogP contribution >= 0.6 is 0 Å². The van der Waals surface area contributed by atoms with Gasteiger partial charge in [0.15, 0.2) is 6.61 Å². The summed E-state index contributed by atoms with van der Waals surface area (Å²) in [5.74, 6) is 0.684. The molecule has 1 heterocycles. The highest BCUT2D eigenvalue weighted by Gasteiger charge is 2.24. The fraction of sp³-hybridized carbons (Fsp3) is 0.609. The summed E-state index contributed by atoms with van der Waals surface area (Å²) in [5, 5.41) is 0. The molecule has 1 aliphatic rings. The lowest BCUT2D eigenvalue weighted by Gasteiger charge is -2.25. The Morgan fingerprint density at radius 2 is 1.59 bits per heavy atom. The third-order valence-electron chi connectivity index (χ3n) is 5.19. The van der Waals surface area contributed by atoms with E-state index in [4.69, 9.17) is 4.74 Å². The van der Waals surface area contributed by atoms with Crippen LogP contribution in [0.5, 0.6) is 5.75 Å². The van der Waals surface area contributed by atoms with Gasteiger partial charge in [-0.05, 0) is 37.3 Å². The maximum atomic E-state index is 12.7. The number of rotatable bonds is 6. The maximum Gasteiger partial charge on any atom is 0.260 e. The van der Waals surface area contributed by atoms with Crippen LogP contribution in [-0.4, -0.2) is 60.2 Å². The SMILES string of the molecule is CC(=O)CCC(=O)N1CCCN(C(=O)COc2ccc(C)cc2C(C)(C)C)CC1. The van der Waals surface area contributed by atoms with Crippen LogP contribution < -0.4 is 4.74 Å². The summed E-state index contributed by atoms with van der Waals surface area (Å²) in [6, 6.07) is 6.03. The van der Waals surface area contributed by atoms with Gasteiger partial charge in [0.25, 0.3) is 5.91 Å². The Bertz CT molecular complexity index is 752. The van der Waals surface area contributed by atoms with E-state index < -0.39 is 0 Å². The van der Waals surface area contributed by atoms with E-state index >= 15 is 0 Å². The molecule has 29 heavy (non-hydrogen) atoms. The van der Waals surface area contributed by atoms with Gasteiger partial charge in [-0.15, -0.1) is 0 Å². The quantitative estimate of drug-likeness (QED) is 0.733. The van der Waals surface area contributed by atoms with Crippen LogP contribution in [0.3, 0.4) is 0 Å². The monoisotopic (exact) mass is 402 g/mol. The van der Waals surface area contributed by atoms with Crippen molar-refractivity contribution < 1.29 is 19.1 Å². The molecular formula is C23H34N2O4. The van der Waals surface area contributed by atoms with E-state index in [9.17, 15) is 14.4 Å². The second kappa shape index (κ2) is 9.90. The number of benzene rings is 1. The lowest BCUT2D eigenvalue weighted by Crippen LogP contribution is -2.39. The third-order valence-corrected chi connectivity index (χ3v) is 5.19. The highest BCUT2D eigenvalue weighted by molar-refractivity contribution is 5.83. The van der Waals surface area contributed by atoms with Gasteiger partial charge in [0.1, 0.15) is 11.5 Å². The molecule has 1 fully saturated rings. The van der Waals surface area contributed by atoms with Gasteiger partial charge in [-0.3, -0.25) is 9.59 Å². The van der Waals surface area contributed by atoms with Crippen LogP contribution in [0.1, 0.15) is 58.1 Å². The molecule has 0 aromatic heterocycles. The first-order valence-electron chi connectivity index (χ1n) is 10.4. The Balaban J connectivity index is 1.92. The maximum absolute atomic E-state index is 12.7. The zero-order chi connectivity index (χ0) is 21.6. The van der Waals surface area contributed by atoms with Crippen molar-refractivity contribution in [2.75, 3.05) is 32.8 Å². The average molecular weight is 403 g/mol. The number of hydrogen-bond donors (Lipinski definition) is 0. The average Bonchev–Trinajstić information content (AvgIpc) is 2.90. The topological polar surface area (TPSA) is 66.9 Å². The van der Waals surface area contributed by atoms with Crippen molar-refractivity contribution in [2.24, 2.45) is 0 Å². The predicted octanol–water partition coefficient (Wildman–Crippen LogP) is 3.10. The minimum atomic E-state index is -0.0757. The second-order valence-electron chi connectivity index (χ2n) is 8.86. The third kappa shape index (κ3) is 6.87. The number of amides is 2. The molecule has 6 nitrogen and oxygen atoms in total. The molecule has 0 atom stereocenters. The molecule has 1 aliphatic heterocycles. The molecule has 1 aromatic rings. The highest BCUT2D eigenvalue weighted by atomic mass is 16.5. The summed E-state index contributed by atoms with van der Waals surface area (Å²) in [6.45, 7) is 12.1. The van der Waals surface area contributed by atoms with Crippen molar-refractivity contribution in [1.82, 2.24) is 9.80 Å². The van der Waals surface area contributed by atoms with E-state index in [1.165, 1.54) is 6.92 Å². The number of nitrogens with zero attached hydrogens (tertiary/aromatic N) is 2. The van der Waals surface area contributed by atoms with E-state index in [1.54, 1.807) is 9.80 Å². The van der Waals surface area contributed by atoms with Crippen molar-refractivity contribution in [3.63, 3.8) is 0 Å². The van der Waals surface area contributed by atoms with E-state index in [1.807, 2.05) is 19.1 Å². The summed E-state index contributed by atoms with van der Waals surface area (Å²) in [6.07, 6.45) is 1.25. The lowest BCUT2D eigenvalue weighted by molar-refractivity contribution is -0.135. The highest BCUT2D eigenvalue weighted by Crippen LogP contribution is 2.32. The number of carbonyl (C=O) groups excluding carboxylic acids is 3. The van der Waals surface area contributed by atoms with Crippen molar-refractivity contribution in [2.45, 2.75) is 59.3 Å². The van der Waals surface area contributed by atoms with Crippen LogP contribution in [0.2, 0.25) is 0 Å². The van der Waals surface area contributed by atoms with E-state index in [0.29, 0.717) is 26.2 Å². The van der Waals surface area contributed by atoms with Gasteiger partial charge in [0.2, 0.25) is 5.91 Å². The van der Waals surface area contributed by atoms with Crippen molar-refractivity contribution >= 4 is 17.6 Å². The Morgan fingerprint density at radius 3 is 2.17 bits per heavy atom. The molecule has 2 rings (SSSR count). The molecule has 0 saturated carbocycles. The van der Waals surface area contributed by atoms with Gasteiger partial charge in [0, 0.05) is 39.0 Å². The van der Waals surface area contributed by atoms with Crippen molar-refractivity contribution in [1.29, 1.82) is 0 Å². The lowest BCUT2D eigenvalue weighted by atomic mass is 9.85. The summed E-state index contributed by atoms with van der Waals surface area (Å²) in [7, 11) is 0. The van der Waals surface area contributed by atoms with Crippen LogP contribution in [0.25, 0.3) is 0 Å². The Morgan fingerprint density at radius 1 is 0.966 bits per heavy atom. The molecule has 0 unspecified atom stereocenters. The number of ketones is 1. The Hall–Kier alpha value is -2.37. The minimum Gasteiger partial charge on any atom is -0.483 e. The first-order valence-corrected chi connectivity index (χ1v) is 10.4. The summed E-state index contributed by atoms with van der Waals surface area (Å²) < 4.78 is 5.90. The summed E-state index contributed by atoms with van der Waals surface area (Å²) >= 11 is 0. The predicted molar refractivity (Wildman–Crippen MR) is 113 cm³/mol. The number of carbonyl (C=O) groups is 3. The van der Waals surface area contributed by atoms with Gasteiger partial charge in [-0.25, -0.2) is 0 Å². The fourth-order valence-electron chi connectivity index (χ4n) is 3.44. The van der Waals surface area contributed by atoms with Crippen LogP contribution in [-0.2, 0) is 19.8 Å². The Kier molecular flexibility index (Phi) is 7.82. The first kappa shape index (κ1) is 22.9. The molecule has 1 saturated heterocycles. The van der Waals surface area contributed by atoms with Gasteiger partial charge in [0.05, 0.1) is 0 Å². The molecule has 0 spiro atoms. The summed E-state index contributed by atoms with van der Waals surface area (Å²) in [5.41, 5.74) is 2.17. The van der Waals surface area contributed by atoms with Crippen LogP contribution in [0.4, 0.5) is 0 Å². The first-order chi connectivity index (χ1) is 13.6. The standard InChI is InChI=1S/C23H34N2O4/c1-17-7-9-20(19(15-17)23(3,4)5)29-16-22(28)25-12-6-11-24(13-14-25)21(27)10-8-18(2)26/h7,9,15H,6,8,10-14,16H2,1-5H3. The van der Waals surface area contributed by atoms with Gasteiger partial charge >= 0.3 is 0 Å². The van der Waals surface area contributed by atoms with Crippen molar-refractivity contribution in [3.05, 3.63) is 29.3 Å². The molecule has 160 valence electrons. The van der Waals surface area contributed by atoms with E-state index in [-0.39, 0.29) is 42.5 Å². The number of ether oxygens (including phenoxy) is 1. The van der Waals surface area contributed by atoms with E-state index in [0.717, 1.165) is 23.3 Å². The molecule has 2 amide bonds. The second-order valence-corrected chi connectivity index (χ2v) is 8.86. The molecular weight excluding hydrogens is 368 g/mol. The van der Waals surface area contributed by atoms with Gasteiger partial charge in [-0.2, -0.15) is 0 Å². The molecule has 0 radical (unpaired) electrons. The van der Waals surface area contributed by atoms with E-state index in [2.05, 4.69) is 26.8 Å². The van der Waals surface area contributed by atoms with Crippen LogP contribution in [0, 0.1) is 6.92 Å². The van der Waals surface area contributed by atoms with Gasteiger partial charge < -0.3 is 19.3 Å². The smallest absolute Gasteiger partial charge is 0.260 e. The van der Waals surface area contributed by atoms with Gasteiger partial charge in [-0.1, -0.05) is 38.5 Å². The fourth-order valence-corrected chi connectivity index (χ4v) is 3.44. The largest absolute Gasteiger partial charge is 0.483 e. The molecule has 0 N–H and O–H groups in total. The number of hydrogen-bond acceptors (Lipinski definition) is 4.